The zero-order valence-corrected chi connectivity index (χ0v) is 17.4. The van der Waals surface area contributed by atoms with Gasteiger partial charge in [0.2, 0.25) is 5.91 Å². The third-order valence-electron chi connectivity index (χ3n) is 4.62. The van der Waals surface area contributed by atoms with Gasteiger partial charge in [0, 0.05) is 17.0 Å². The van der Waals surface area contributed by atoms with E-state index < -0.39 is 0 Å². The summed E-state index contributed by atoms with van der Waals surface area (Å²) >= 11 is 2.99. The van der Waals surface area contributed by atoms with Crippen LogP contribution in [0.4, 0.5) is 0 Å². The smallest absolute Gasteiger partial charge is 0.230 e. The fourth-order valence-electron chi connectivity index (χ4n) is 3.16. The second kappa shape index (κ2) is 9.43. The number of hydrogen-bond acceptors (Lipinski definition) is 7. The number of hydrogen-bond donors (Lipinski definition) is 2. The number of phenolic OH excluding ortho intramolecular Hbond substituents is 1. The topological polar surface area (TPSA) is 89.3 Å². The van der Waals surface area contributed by atoms with Crippen molar-refractivity contribution in [2.45, 2.75) is 37.2 Å². The third kappa shape index (κ3) is 5.17. The molecule has 1 aromatic carbocycles. The number of nitrogens with one attached hydrogen (secondary N) is 1. The maximum Gasteiger partial charge on any atom is 0.230 e. The van der Waals surface area contributed by atoms with Gasteiger partial charge in [-0.05, 0) is 48.6 Å². The van der Waals surface area contributed by atoms with Crippen LogP contribution in [0.2, 0.25) is 0 Å². The van der Waals surface area contributed by atoms with Crippen molar-refractivity contribution < 1.29 is 14.6 Å². The molecule has 2 aromatic heterocycles. The van der Waals surface area contributed by atoms with E-state index >= 15 is 0 Å². The minimum absolute atomic E-state index is 0.0405. The second-order valence-electron chi connectivity index (χ2n) is 6.74. The van der Waals surface area contributed by atoms with Crippen LogP contribution in [-0.2, 0) is 22.6 Å². The molecule has 2 N–H and O–H groups in total. The van der Waals surface area contributed by atoms with Crippen LogP contribution in [0, 0.1) is 0 Å². The molecule has 152 valence electrons. The van der Waals surface area contributed by atoms with Crippen LogP contribution in [0.3, 0.4) is 0 Å². The number of benzene rings is 1. The number of ether oxygens (including phenoxy) is 1. The van der Waals surface area contributed by atoms with Gasteiger partial charge in [-0.15, -0.1) is 21.5 Å². The number of carbonyl (C=O) groups is 1. The first kappa shape index (κ1) is 19.9. The van der Waals surface area contributed by atoms with Crippen molar-refractivity contribution in [3.05, 3.63) is 46.7 Å². The van der Waals surface area contributed by atoms with Crippen LogP contribution >= 0.6 is 23.1 Å². The molecule has 7 nitrogen and oxygen atoms in total. The molecule has 1 amide bonds. The maximum atomic E-state index is 12.2. The van der Waals surface area contributed by atoms with E-state index in [9.17, 15) is 9.90 Å². The van der Waals surface area contributed by atoms with Crippen molar-refractivity contribution in [1.29, 1.82) is 0 Å². The molecular formula is C20H22N4O3S2. The lowest BCUT2D eigenvalue weighted by Gasteiger charge is -2.14. The molecular weight excluding hydrogens is 408 g/mol. The van der Waals surface area contributed by atoms with E-state index in [2.05, 4.69) is 15.5 Å². The molecule has 0 unspecified atom stereocenters. The first-order valence-corrected chi connectivity index (χ1v) is 11.3. The van der Waals surface area contributed by atoms with E-state index in [1.54, 1.807) is 23.5 Å². The molecule has 29 heavy (non-hydrogen) atoms. The van der Waals surface area contributed by atoms with E-state index in [0.717, 1.165) is 29.9 Å². The summed E-state index contributed by atoms with van der Waals surface area (Å²) in [5.41, 5.74) is 0.863. The standard InChI is InChI=1S/C20H22N4O3S2/c25-15-7-5-14(6-8-15)19-22-23-20(24(19)12-16-3-1-9-27-16)29-13-18(26)21-11-17-4-2-10-28-17/h2,4-8,10,16,25H,1,3,9,11-13H2,(H,21,26)/t16-/m1/s1. The van der Waals surface area contributed by atoms with Crippen molar-refractivity contribution in [2.24, 2.45) is 0 Å². The van der Waals surface area contributed by atoms with Crippen LogP contribution in [-0.4, -0.2) is 44.2 Å². The highest BCUT2D eigenvalue weighted by molar-refractivity contribution is 7.99. The predicted octanol–water partition coefficient (Wildman–Crippen LogP) is 3.30. The van der Waals surface area contributed by atoms with E-state index in [1.165, 1.54) is 11.8 Å². The van der Waals surface area contributed by atoms with Gasteiger partial charge in [0.25, 0.3) is 0 Å². The van der Waals surface area contributed by atoms with Crippen LogP contribution in [0.25, 0.3) is 11.4 Å². The number of thioether (sulfide) groups is 1. The van der Waals surface area contributed by atoms with Crippen molar-refractivity contribution in [2.75, 3.05) is 12.4 Å². The van der Waals surface area contributed by atoms with E-state index in [0.29, 0.717) is 24.1 Å². The van der Waals surface area contributed by atoms with Crippen molar-refractivity contribution >= 4 is 29.0 Å². The van der Waals surface area contributed by atoms with Crippen molar-refractivity contribution in [3.63, 3.8) is 0 Å². The van der Waals surface area contributed by atoms with Crippen LogP contribution in [0.1, 0.15) is 17.7 Å². The van der Waals surface area contributed by atoms with Gasteiger partial charge in [-0.2, -0.15) is 0 Å². The average Bonchev–Trinajstić information content (AvgIpc) is 3.49. The molecule has 9 heteroatoms. The highest BCUT2D eigenvalue weighted by Crippen LogP contribution is 2.27. The average molecular weight is 431 g/mol. The van der Waals surface area contributed by atoms with E-state index in [1.807, 2.05) is 34.2 Å². The third-order valence-corrected chi connectivity index (χ3v) is 6.47. The Hall–Kier alpha value is -2.36. The summed E-state index contributed by atoms with van der Waals surface area (Å²) in [6, 6.07) is 10.9. The molecule has 0 saturated carbocycles. The fraction of sp³-hybridized carbons (Fsp3) is 0.350. The Bertz CT molecular complexity index is 935. The Kier molecular flexibility index (Phi) is 6.48. The van der Waals surface area contributed by atoms with Gasteiger partial charge in [-0.1, -0.05) is 17.8 Å². The zero-order valence-electron chi connectivity index (χ0n) is 15.8. The van der Waals surface area contributed by atoms with Gasteiger partial charge in [-0.3, -0.25) is 9.36 Å². The summed E-state index contributed by atoms with van der Waals surface area (Å²) in [5, 5.41) is 23.8. The molecule has 1 aliphatic rings. The number of thiophene rings is 1. The quantitative estimate of drug-likeness (QED) is 0.533. The van der Waals surface area contributed by atoms with Crippen LogP contribution in [0.15, 0.2) is 46.9 Å². The van der Waals surface area contributed by atoms with E-state index in [-0.39, 0.29) is 23.5 Å². The highest BCUT2D eigenvalue weighted by atomic mass is 32.2. The van der Waals surface area contributed by atoms with Gasteiger partial charge in [0.05, 0.1) is 24.9 Å². The number of aromatic nitrogens is 3. The van der Waals surface area contributed by atoms with E-state index in [4.69, 9.17) is 4.74 Å². The van der Waals surface area contributed by atoms with Gasteiger partial charge < -0.3 is 15.2 Å². The highest BCUT2D eigenvalue weighted by Gasteiger charge is 2.22. The molecule has 1 saturated heterocycles. The summed E-state index contributed by atoms with van der Waals surface area (Å²) in [7, 11) is 0. The lowest BCUT2D eigenvalue weighted by molar-refractivity contribution is -0.118. The molecule has 3 aromatic rings. The molecule has 0 bridgehead atoms. The maximum absolute atomic E-state index is 12.2. The lowest BCUT2D eigenvalue weighted by atomic mass is 10.2. The Morgan fingerprint density at radius 1 is 1.31 bits per heavy atom. The lowest BCUT2D eigenvalue weighted by Crippen LogP contribution is -2.24. The summed E-state index contributed by atoms with van der Waals surface area (Å²) in [6.45, 7) is 1.95. The minimum atomic E-state index is -0.0405. The molecule has 1 atom stereocenters. The first-order valence-electron chi connectivity index (χ1n) is 9.45. The summed E-state index contributed by atoms with van der Waals surface area (Å²) in [4.78, 5) is 13.4. The zero-order chi connectivity index (χ0) is 20.1. The largest absolute Gasteiger partial charge is 0.508 e. The Morgan fingerprint density at radius 3 is 2.90 bits per heavy atom. The van der Waals surface area contributed by atoms with Crippen molar-refractivity contribution in [3.8, 4) is 17.1 Å². The van der Waals surface area contributed by atoms with Gasteiger partial charge >= 0.3 is 0 Å². The monoisotopic (exact) mass is 430 g/mol. The van der Waals surface area contributed by atoms with Gasteiger partial charge in [-0.25, -0.2) is 0 Å². The Labute approximate surface area is 177 Å². The molecule has 0 spiro atoms. The van der Waals surface area contributed by atoms with Crippen molar-refractivity contribution in [1.82, 2.24) is 20.1 Å². The molecule has 0 radical (unpaired) electrons. The minimum Gasteiger partial charge on any atom is -0.508 e. The molecule has 0 aliphatic carbocycles. The fourth-order valence-corrected chi connectivity index (χ4v) is 4.58. The normalized spacial score (nSPS) is 16.2. The summed E-state index contributed by atoms with van der Waals surface area (Å²) in [6.07, 6.45) is 2.17. The SMILES string of the molecule is O=C(CSc1nnc(-c2ccc(O)cc2)n1C[C@H]1CCCO1)NCc1cccs1. The number of nitrogens with zero attached hydrogens (tertiary/aromatic N) is 3. The Balaban J connectivity index is 1.46. The van der Waals surface area contributed by atoms with Gasteiger partial charge in [0.1, 0.15) is 5.75 Å². The summed E-state index contributed by atoms with van der Waals surface area (Å²) < 4.78 is 7.81. The molecule has 1 fully saturated rings. The number of amides is 1. The number of carbonyl (C=O) groups excluding carboxylic acids is 1. The van der Waals surface area contributed by atoms with Gasteiger partial charge in [0.15, 0.2) is 11.0 Å². The summed E-state index contributed by atoms with van der Waals surface area (Å²) in [5.74, 6) is 1.14. The molecule has 4 rings (SSSR count). The molecule has 1 aliphatic heterocycles. The van der Waals surface area contributed by atoms with Crippen LogP contribution in [0.5, 0.6) is 5.75 Å². The Morgan fingerprint density at radius 2 is 2.17 bits per heavy atom. The number of rotatable bonds is 8. The first-order chi connectivity index (χ1) is 14.2. The number of aromatic hydroxyl groups is 1. The van der Waals surface area contributed by atoms with Crippen LogP contribution < -0.4 is 5.32 Å². The number of phenols is 1. The molecule has 3 heterocycles. The predicted molar refractivity (Wildman–Crippen MR) is 113 cm³/mol. The second-order valence-corrected chi connectivity index (χ2v) is 8.72.